The normalized spacial score (nSPS) is 12.1. The Labute approximate surface area is 151 Å². The molecule has 0 aliphatic rings. The molecule has 1 aromatic heterocycles. The van der Waals surface area contributed by atoms with E-state index < -0.39 is 6.10 Å². The second kappa shape index (κ2) is 8.18. The maximum absolute atomic E-state index is 10.2. The summed E-state index contributed by atoms with van der Waals surface area (Å²) in [5.74, 6) is 2.07. The number of aromatic nitrogens is 3. The van der Waals surface area contributed by atoms with Gasteiger partial charge in [0.15, 0.2) is 5.16 Å². The van der Waals surface area contributed by atoms with Gasteiger partial charge in [0, 0.05) is 11.4 Å². The van der Waals surface area contributed by atoms with Crippen LogP contribution in [0.25, 0.3) is 5.69 Å². The minimum absolute atomic E-state index is 0.245. The second-order valence-electron chi connectivity index (χ2n) is 5.79. The first-order chi connectivity index (χ1) is 12.1. The SMILES string of the molecule is Cc1cccc(OC[C@H](O)CSc2nnc(C)n2-c2ccccc2)c1. The number of thioether (sulfide) groups is 1. The zero-order chi connectivity index (χ0) is 17.6. The van der Waals surface area contributed by atoms with Crippen LogP contribution in [0.15, 0.2) is 59.8 Å². The van der Waals surface area contributed by atoms with Crippen LogP contribution >= 0.6 is 11.8 Å². The predicted octanol–water partition coefficient (Wildman–Crippen LogP) is 3.42. The fraction of sp³-hybridized carbons (Fsp3) is 0.263. The number of hydrogen-bond acceptors (Lipinski definition) is 5. The fourth-order valence-corrected chi connectivity index (χ4v) is 3.33. The highest BCUT2D eigenvalue weighted by atomic mass is 32.2. The number of ether oxygens (including phenoxy) is 1. The summed E-state index contributed by atoms with van der Waals surface area (Å²) in [6.07, 6.45) is -0.591. The zero-order valence-electron chi connectivity index (χ0n) is 14.3. The van der Waals surface area contributed by atoms with Gasteiger partial charge in [-0.2, -0.15) is 0 Å². The van der Waals surface area contributed by atoms with E-state index in [1.807, 2.05) is 73.0 Å². The highest BCUT2D eigenvalue weighted by Gasteiger charge is 2.14. The van der Waals surface area contributed by atoms with Gasteiger partial charge in [0.25, 0.3) is 0 Å². The molecule has 0 aliphatic carbocycles. The molecule has 1 atom stereocenters. The molecule has 1 heterocycles. The third-order valence-electron chi connectivity index (χ3n) is 3.65. The smallest absolute Gasteiger partial charge is 0.195 e. The highest BCUT2D eigenvalue weighted by molar-refractivity contribution is 7.99. The van der Waals surface area contributed by atoms with E-state index in [9.17, 15) is 5.11 Å². The number of aliphatic hydroxyl groups excluding tert-OH is 1. The molecule has 130 valence electrons. The third kappa shape index (κ3) is 4.61. The van der Waals surface area contributed by atoms with E-state index in [2.05, 4.69) is 10.2 Å². The average molecular weight is 355 g/mol. The number of rotatable bonds is 7. The van der Waals surface area contributed by atoms with Crippen molar-refractivity contribution in [3.8, 4) is 11.4 Å². The van der Waals surface area contributed by atoms with Crippen molar-refractivity contribution in [2.24, 2.45) is 0 Å². The number of hydrogen-bond donors (Lipinski definition) is 1. The molecule has 1 N–H and O–H groups in total. The van der Waals surface area contributed by atoms with Crippen LogP contribution in [0.2, 0.25) is 0 Å². The monoisotopic (exact) mass is 355 g/mol. The summed E-state index contributed by atoms with van der Waals surface area (Å²) in [6, 6.07) is 17.8. The Morgan fingerprint density at radius 1 is 1.08 bits per heavy atom. The predicted molar refractivity (Wildman–Crippen MR) is 99.5 cm³/mol. The minimum atomic E-state index is -0.591. The van der Waals surface area contributed by atoms with Crippen LogP contribution < -0.4 is 4.74 Å². The lowest BCUT2D eigenvalue weighted by Crippen LogP contribution is -2.20. The van der Waals surface area contributed by atoms with Crippen molar-refractivity contribution in [1.82, 2.24) is 14.8 Å². The quantitative estimate of drug-likeness (QED) is 0.658. The Kier molecular flexibility index (Phi) is 5.73. The molecule has 6 heteroatoms. The van der Waals surface area contributed by atoms with Gasteiger partial charge in [-0.15, -0.1) is 10.2 Å². The maximum atomic E-state index is 10.2. The topological polar surface area (TPSA) is 60.2 Å². The lowest BCUT2D eigenvalue weighted by molar-refractivity contribution is 0.126. The molecule has 3 aromatic rings. The van der Waals surface area contributed by atoms with Gasteiger partial charge in [0.05, 0.1) is 6.10 Å². The van der Waals surface area contributed by atoms with E-state index in [0.717, 1.165) is 28.0 Å². The Bertz CT molecular complexity index is 821. The van der Waals surface area contributed by atoms with E-state index in [1.165, 1.54) is 11.8 Å². The molecule has 0 unspecified atom stereocenters. The standard InChI is InChI=1S/C19H21N3O2S/c1-14-7-6-10-18(11-14)24-12-17(23)13-25-19-21-20-15(2)22(19)16-8-4-3-5-9-16/h3-11,17,23H,12-13H2,1-2H3/t17-/m0/s1. The van der Waals surface area contributed by atoms with Crippen LogP contribution in [0.1, 0.15) is 11.4 Å². The molecule has 5 nitrogen and oxygen atoms in total. The molecular weight excluding hydrogens is 334 g/mol. The molecule has 0 fully saturated rings. The number of para-hydroxylation sites is 1. The fourth-order valence-electron chi connectivity index (χ4n) is 2.43. The van der Waals surface area contributed by atoms with Crippen LogP contribution in [0.5, 0.6) is 5.75 Å². The maximum Gasteiger partial charge on any atom is 0.195 e. The molecular formula is C19H21N3O2S. The molecule has 0 amide bonds. The van der Waals surface area contributed by atoms with Gasteiger partial charge in [-0.25, -0.2) is 0 Å². The van der Waals surface area contributed by atoms with Gasteiger partial charge in [-0.05, 0) is 43.7 Å². The van der Waals surface area contributed by atoms with E-state index in [0.29, 0.717) is 5.75 Å². The summed E-state index contributed by atoms with van der Waals surface area (Å²) >= 11 is 1.47. The summed E-state index contributed by atoms with van der Waals surface area (Å²) in [5.41, 5.74) is 2.14. The molecule has 0 bridgehead atoms. The van der Waals surface area contributed by atoms with Crippen LogP contribution in [-0.2, 0) is 0 Å². The lowest BCUT2D eigenvalue weighted by atomic mass is 10.2. The highest BCUT2D eigenvalue weighted by Crippen LogP contribution is 2.22. The Morgan fingerprint density at radius 3 is 2.64 bits per heavy atom. The van der Waals surface area contributed by atoms with Crippen molar-refractivity contribution >= 4 is 11.8 Å². The van der Waals surface area contributed by atoms with E-state index in [1.54, 1.807) is 0 Å². The van der Waals surface area contributed by atoms with E-state index >= 15 is 0 Å². The Balaban J connectivity index is 1.59. The largest absolute Gasteiger partial charge is 0.491 e. The summed E-state index contributed by atoms with van der Waals surface area (Å²) in [4.78, 5) is 0. The van der Waals surface area contributed by atoms with Gasteiger partial charge in [0.1, 0.15) is 18.2 Å². The molecule has 0 saturated heterocycles. The molecule has 0 saturated carbocycles. The third-order valence-corrected chi connectivity index (χ3v) is 4.72. The van der Waals surface area contributed by atoms with Gasteiger partial charge in [0.2, 0.25) is 0 Å². The zero-order valence-corrected chi connectivity index (χ0v) is 15.1. The summed E-state index contributed by atoms with van der Waals surface area (Å²) in [7, 11) is 0. The number of aryl methyl sites for hydroxylation is 2. The first-order valence-corrected chi connectivity index (χ1v) is 9.10. The van der Waals surface area contributed by atoms with Crippen molar-refractivity contribution in [1.29, 1.82) is 0 Å². The van der Waals surface area contributed by atoms with Crippen molar-refractivity contribution in [2.45, 2.75) is 25.1 Å². The van der Waals surface area contributed by atoms with Crippen molar-refractivity contribution < 1.29 is 9.84 Å². The number of nitrogens with zero attached hydrogens (tertiary/aromatic N) is 3. The van der Waals surface area contributed by atoms with Gasteiger partial charge in [-0.1, -0.05) is 42.1 Å². The molecule has 0 aliphatic heterocycles. The molecule has 3 rings (SSSR count). The summed E-state index contributed by atoms with van der Waals surface area (Å²) in [6.45, 7) is 4.17. The van der Waals surface area contributed by atoms with Gasteiger partial charge in [-0.3, -0.25) is 4.57 Å². The van der Waals surface area contributed by atoms with Crippen molar-refractivity contribution in [2.75, 3.05) is 12.4 Å². The molecule has 25 heavy (non-hydrogen) atoms. The Morgan fingerprint density at radius 2 is 1.88 bits per heavy atom. The van der Waals surface area contributed by atoms with Crippen molar-refractivity contribution in [3.63, 3.8) is 0 Å². The van der Waals surface area contributed by atoms with Crippen molar-refractivity contribution in [3.05, 3.63) is 66.0 Å². The Hall–Kier alpha value is -2.31. The lowest BCUT2D eigenvalue weighted by Gasteiger charge is -2.13. The first kappa shape index (κ1) is 17.5. The minimum Gasteiger partial charge on any atom is -0.491 e. The summed E-state index contributed by atoms with van der Waals surface area (Å²) < 4.78 is 7.64. The van der Waals surface area contributed by atoms with Gasteiger partial charge < -0.3 is 9.84 Å². The van der Waals surface area contributed by atoms with E-state index in [4.69, 9.17) is 4.74 Å². The second-order valence-corrected chi connectivity index (χ2v) is 6.78. The summed E-state index contributed by atoms with van der Waals surface area (Å²) in [5, 5.41) is 19.3. The van der Waals surface area contributed by atoms with Crippen LogP contribution in [0.3, 0.4) is 0 Å². The van der Waals surface area contributed by atoms with Crippen LogP contribution in [-0.4, -0.2) is 38.3 Å². The van der Waals surface area contributed by atoms with Crippen LogP contribution in [0, 0.1) is 13.8 Å². The molecule has 0 spiro atoms. The number of aliphatic hydroxyl groups is 1. The van der Waals surface area contributed by atoms with Crippen LogP contribution in [0.4, 0.5) is 0 Å². The van der Waals surface area contributed by atoms with Gasteiger partial charge >= 0.3 is 0 Å². The average Bonchev–Trinajstić information content (AvgIpc) is 2.99. The molecule has 0 radical (unpaired) electrons. The van der Waals surface area contributed by atoms with E-state index in [-0.39, 0.29) is 6.61 Å². The number of benzene rings is 2. The first-order valence-electron chi connectivity index (χ1n) is 8.11. The molecule has 2 aromatic carbocycles.